The molecule has 2 rings (SSSR count). The van der Waals surface area contributed by atoms with Crippen molar-refractivity contribution in [1.82, 2.24) is 0 Å². The molecule has 0 aliphatic carbocycles. The summed E-state index contributed by atoms with van der Waals surface area (Å²) in [6, 6.07) is 13.8. The van der Waals surface area contributed by atoms with Gasteiger partial charge in [-0.2, -0.15) is 0 Å². The molecular formula is C21H28O4S. The highest BCUT2D eigenvalue weighted by molar-refractivity contribution is 7.91. The van der Waals surface area contributed by atoms with Gasteiger partial charge in [-0.1, -0.05) is 30.3 Å². The maximum atomic E-state index is 12.3. The van der Waals surface area contributed by atoms with Crippen LogP contribution in [0.4, 0.5) is 0 Å². The third-order valence-electron chi connectivity index (χ3n) is 4.46. The van der Waals surface area contributed by atoms with E-state index in [-0.39, 0.29) is 5.75 Å². The van der Waals surface area contributed by atoms with Crippen molar-refractivity contribution in [2.24, 2.45) is 0 Å². The number of ether oxygens (including phenoxy) is 2. The van der Waals surface area contributed by atoms with Crippen LogP contribution in [0.1, 0.15) is 37.5 Å². The van der Waals surface area contributed by atoms with Gasteiger partial charge < -0.3 is 9.47 Å². The Balaban J connectivity index is 2.02. The summed E-state index contributed by atoms with van der Waals surface area (Å²) in [4.78, 5) is 0. The highest BCUT2D eigenvalue weighted by Gasteiger charge is 2.28. The molecule has 0 aliphatic rings. The molecule has 4 nitrogen and oxygen atoms in total. The molecule has 2 aromatic rings. The van der Waals surface area contributed by atoms with Crippen molar-refractivity contribution < 1.29 is 17.9 Å². The quantitative estimate of drug-likeness (QED) is 0.727. The van der Waals surface area contributed by atoms with Crippen LogP contribution in [0, 0.1) is 0 Å². The van der Waals surface area contributed by atoms with E-state index in [2.05, 4.69) is 0 Å². The molecule has 0 saturated carbocycles. The van der Waals surface area contributed by atoms with Crippen molar-refractivity contribution in [1.29, 1.82) is 0 Å². The van der Waals surface area contributed by atoms with Crippen LogP contribution >= 0.6 is 0 Å². The first-order chi connectivity index (χ1) is 12.2. The molecule has 0 bridgehead atoms. The molecule has 0 radical (unpaired) electrons. The Morgan fingerprint density at radius 2 is 1.27 bits per heavy atom. The van der Waals surface area contributed by atoms with Gasteiger partial charge in [0, 0.05) is 0 Å². The smallest absolute Gasteiger partial charge is 0.160 e. The van der Waals surface area contributed by atoms with Gasteiger partial charge >= 0.3 is 0 Å². The topological polar surface area (TPSA) is 52.6 Å². The second-order valence-corrected chi connectivity index (χ2v) is 10.1. The molecule has 0 fully saturated rings. The minimum Gasteiger partial charge on any atom is -0.493 e. The van der Waals surface area contributed by atoms with E-state index in [0.29, 0.717) is 0 Å². The fraction of sp³-hybridized carbons (Fsp3) is 0.429. The van der Waals surface area contributed by atoms with Gasteiger partial charge in [0.2, 0.25) is 0 Å². The van der Waals surface area contributed by atoms with Crippen molar-refractivity contribution in [2.45, 2.75) is 44.1 Å². The number of rotatable bonds is 7. The first-order valence-corrected chi connectivity index (χ1v) is 10.3. The first-order valence-electron chi connectivity index (χ1n) is 8.67. The summed E-state index contributed by atoms with van der Waals surface area (Å²) < 4.78 is 34.5. The van der Waals surface area contributed by atoms with Gasteiger partial charge in [0.1, 0.15) is 0 Å². The van der Waals surface area contributed by atoms with E-state index in [1.54, 1.807) is 35.0 Å². The molecule has 0 atom stereocenters. The van der Waals surface area contributed by atoms with Crippen LogP contribution in [0.2, 0.25) is 0 Å². The lowest BCUT2D eigenvalue weighted by molar-refractivity contribution is 0.354. The number of hydrogen-bond acceptors (Lipinski definition) is 4. The second kappa shape index (κ2) is 8.12. The van der Waals surface area contributed by atoms with Gasteiger partial charge in [0.15, 0.2) is 21.3 Å². The second-order valence-electron chi connectivity index (χ2n) is 7.38. The molecule has 0 spiro atoms. The summed E-state index contributed by atoms with van der Waals surface area (Å²) in [7, 11) is 0.0959. The molecule has 0 heterocycles. The zero-order chi connectivity index (χ0) is 19.4. The minimum absolute atomic E-state index is 0.0759. The third kappa shape index (κ3) is 5.01. The molecule has 0 amide bonds. The Hall–Kier alpha value is -2.01. The van der Waals surface area contributed by atoms with Gasteiger partial charge in [0.25, 0.3) is 0 Å². The zero-order valence-electron chi connectivity index (χ0n) is 16.2. The van der Waals surface area contributed by atoms with Crippen LogP contribution in [0.3, 0.4) is 0 Å². The maximum absolute atomic E-state index is 12.3. The van der Waals surface area contributed by atoms with Crippen LogP contribution in [0.15, 0.2) is 42.5 Å². The summed E-state index contributed by atoms with van der Waals surface area (Å²) in [6.45, 7) is 5.21. The van der Waals surface area contributed by atoms with Gasteiger partial charge in [-0.25, -0.2) is 8.42 Å². The Labute approximate surface area is 157 Å². The SMILES string of the molecule is COc1ccc(CCc2ccc(CS(=O)(=O)C(C)(C)C)cc2)cc1OC. The molecule has 0 unspecified atom stereocenters. The lowest BCUT2D eigenvalue weighted by atomic mass is 10.0. The fourth-order valence-electron chi connectivity index (χ4n) is 2.56. The Morgan fingerprint density at radius 3 is 1.81 bits per heavy atom. The molecule has 0 aromatic heterocycles. The van der Waals surface area contributed by atoms with Crippen LogP contribution in [0.5, 0.6) is 11.5 Å². The fourth-order valence-corrected chi connectivity index (χ4v) is 3.63. The Bertz CT molecular complexity index is 831. The Morgan fingerprint density at radius 1 is 0.769 bits per heavy atom. The highest BCUT2D eigenvalue weighted by Crippen LogP contribution is 2.28. The lowest BCUT2D eigenvalue weighted by Crippen LogP contribution is -2.29. The van der Waals surface area contributed by atoms with Crippen LogP contribution in [0.25, 0.3) is 0 Å². The molecule has 5 heteroatoms. The highest BCUT2D eigenvalue weighted by atomic mass is 32.2. The van der Waals surface area contributed by atoms with Crippen molar-refractivity contribution in [2.75, 3.05) is 14.2 Å². The van der Waals surface area contributed by atoms with Crippen LogP contribution < -0.4 is 9.47 Å². The van der Waals surface area contributed by atoms with Gasteiger partial charge in [-0.3, -0.25) is 0 Å². The molecule has 0 aliphatic heterocycles. The van der Waals surface area contributed by atoms with Gasteiger partial charge in [-0.15, -0.1) is 0 Å². The first kappa shape index (κ1) is 20.3. The molecular weight excluding hydrogens is 348 g/mol. The van der Waals surface area contributed by atoms with Crippen LogP contribution in [-0.4, -0.2) is 27.4 Å². The average molecular weight is 377 g/mol. The predicted molar refractivity (Wildman–Crippen MR) is 106 cm³/mol. The van der Waals surface area contributed by atoms with E-state index >= 15 is 0 Å². The molecule has 0 N–H and O–H groups in total. The molecule has 26 heavy (non-hydrogen) atoms. The minimum atomic E-state index is -3.16. The van der Waals surface area contributed by atoms with Crippen LogP contribution in [-0.2, 0) is 28.4 Å². The van der Waals surface area contributed by atoms with E-state index in [1.165, 1.54) is 11.1 Å². The zero-order valence-corrected chi connectivity index (χ0v) is 17.0. The summed E-state index contributed by atoms with van der Waals surface area (Å²) in [5.41, 5.74) is 3.17. The van der Waals surface area contributed by atoms with E-state index in [9.17, 15) is 8.42 Å². The number of aryl methyl sites for hydroxylation is 2. The number of hydrogen-bond donors (Lipinski definition) is 0. The molecule has 2 aromatic carbocycles. The summed E-state index contributed by atoms with van der Waals surface area (Å²) in [5, 5.41) is 0. The largest absolute Gasteiger partial charge is 0.493 e. The van der Waals surface area contributed by atoms with Gasteiger partial charge in [0.05, 0.1) is 24.7 Å². The predicted octanol–water partition coefficient (Wildman–Crippen LogP) is 4.20. The number of methoxy groups -OCH3 is 2. The lowest BCUT2D eigenvalue weighted by Gasteiger charge is -2.19. The Kier molecular flexibility index (Phi) is 6.34. The summed E-state index contributed by atoms with van der Waals surface area (Å²) in [6.07, 6.45) is 1.75. The van der Waals surface area contributed by atoms with E-state index < -0.39 is 14.6 Å². The van der Waals surface area contributed by atoms with Crippen molar-refractivity contribution in [3.63, 3.8) is 0 Å². The van der Waals surface area contributed by atoms with E-state index in [4.69, 9.17) is 9.47 Å². The normalized spacial score (nSPS) is 12.0. The number of benzene rings is 2. The standard InChI is InChI=1S/C21H28O4S/c1-21(2,3)26(22,23)15-18-10-7-16(8-11-18)6-9-17-12-13-19(24-4)20(14-17)25-5/h7-8,10-14H,6,9,15H2,1-5H3. The summed E-state index contributed by atoms with van der Waals surface area (Å²) in [5.74, 6) is 1.53. The maximum Gasteiger partial charge on any atom is 0.160 e. The average Bonchev–Trinajstić information content (AvgIpc) is 2.59. The van der Waals surface area contributed by atoms with Crippen molar-refractivity contribution in [3.8, 4) is 11.5 Å². The molecule has 142 valence electrons. The van der Waals surface area contributed by atoms with E-state index in [1.807, 2.05) is 42.5 Å². The summed E-state index contributed by atoms with van der Waals surface area (Å²) >= 11 is 0. The number of sulfone groups is 1. The van der Waals surface area contributed by atoms with E-state index in [0.717, 1.165) is 29.9 Å². The van der Waals surface area contributed by atoms with Crippen molar-refractivity contribution in [3.05, 3.63) is 59.2 Å². The monoisotopic (exact) mass is 376 g/mol. The van der Waals surface area contributed by atoms with Gasteiger partial charge in [-0.05, 0) is 62.4 Å². The molecule has 0 saturated heterocycles. The van der Waals surface area contributed by atoms with Crippen molar-refractivity contribution >= 4 is 9.84 Å². The third-order valence-corrected chi connectivity index (χ3v) is 7.04.